The van der Waals surface area contributed by atoms with Crippen LogP contribution in [0, 0.1) is 5.92 Å². The van der Waals surface area contributed by atoms with Crippen molar-refractivity contribution in [1.82, 2.24) is 9.88 Å². The van der Waals surface area contributed by atoms with Crippen LogP contribution in [-0.4, -0.2) is 54.8 Å². The van der Waals surface area contributed by atoms with Crippen LogP contribution < -0.4 is 4.90 Å². The summed E-state index contributed by atoms with van der Waals surface area (Å²) in [4.78, 5) is 9.63. The zero-order valence-electron chi connectivity index (χ0n) is 15.7. The zero-order chi connectivity index (χ0) is 18.1. The predicted octanol–water partition coefficient (Wildman–Crippen LogP) is 4.21. The summed E-state index contributed by atoms with van der Waals surface area (Å²) >= 11 is 6.41. The topological polar surface area (TPSA) is 28.6 Å². The third-order valence-electron chi connectivity index (χ3n) is 5.63. The van der Waals surface area contributed by atoms with Gasteiger partial charge in [0.1, 0.15) is 11.0 Å². The van der Waals surface area contributed by atoms with Crippen molar-refractivity contribution in [3.05, 3.63) is 35.5 Å². The van der Waals surface area contributed by atoms with Gasteiger partial charge >= 0.3 is 0 Å². The third kappa shape index (κ3) is 3.98. The first-order valence-electron chi connectivity index (χ1n) is 9.76. The van der Waals surface area contributed by atoms with E-state index < -0.39 is 0 Å². The van der Waals surface area contributed by atoms with Gasteiger partial charge in [0.25, 0.3) is 0 Å². The Morgan fingerprint density at radius 3 is 2.54 bits per heavy atom. The molecule has 0 bridgehead atoms. The van der Waals surface area contributed by atoms with E-state index in [1.807, 2.05) is 12.1 Å². The number of nitrogens with zero attached hydrogens (tertiary/aromatic N) is 3. The van der Waals surface area contributed by atoms with Crippen molar-refractivity contribution >= 4 is 28.2 Å². The van der Waals surface area contributed by atoms with Crippen molar-refractivity contribution in [2.45, 2.75) is 38.9 Å². The van der Waals surface area contributed by atoms with Crippen molar-refractivity contribution in [1.29, 1.82) is 0 Å². The fraction of sp³-hybridized carbons (Fsp3) is 0.571. The molecule has 3 heterocycles. The fourth-order valence-corrected chi connectivity index (χ4v) is 4.71. The molecule has 0 radical (unpaired) electrons. The molecule has 2 aromatic rings. The first-order valence-corrected chi connectivity index (χ1v) is 10.1. The lowest BCUT2D eigenvalue weighted by molar-refractivity contribution is -0.0720. The molecule has 5 heteroatoms. The van der Waals surface area contributed by atoms with Gasteiger partial charge in [0.2, 0.25) is 0 Å². The maximum absolute atomic E-state index is 6.41. The molecule has 2 unspecified atom stereocenters. The van der Waals surface area contributed by atoms with E-state index in [0.29, 0.717) is 17.4 Å². The summed E-state index contributed by atoms with van der Waals surface area (Å²) < 4.78 is 5.86. The molecule has 2 atom stereocenters. The smallest absolute Gasteiger partial charge is 0.139 e. The summed E-state index contributed by atoms with van der Waals surface area (Å²) in [6.07, 6.45) is 3.13. The molecule has 0 amide bonds. The Morgan fingerprint density at radius 1 is 1.12 bits per heavy atom. The lowest BCUT2D eigenvalue weighted by atomic mass is 9.95. The van der Waals surface area contributed by atoms with Crippen LogP contribution in [0.3, 0.4) is 0 Å². The summed E-state index contributed by atoms with van der Waals surface area (Å²) in [7, 11) is 0. The Hall–Kier alpha value is -1.36. The van der Waals surface area contributed by atoms with Gasteiger partial charge in [-0.3, -0.25) is 4.90 Å². The van der Waals surface area contributed by atoms with E-state index in [-0.39, 0.29) is 0 Å². The molecule has 2 aliphatic heterocycles. The van der Waals surface area contributed by atoms with E-state index >= 15 is 0 Å². The standard InChI is InChI=1S/C21H28ClN3O/c1-15-12-24(13-16(2)26-15)14-17-7-9-25(10-8-17)20-11-18-5-3-4-6-19(18)21(22)23-20/h3-6,11,15-17H,7-10,12-14H2,1-2H3. The second-order valence-corrected chi connectivity index (χ2v) is 8.26. The molecule has 0 aliphatic carbocycles. The quantitative estimate of drug-likeness (QED) is 0.753. The number of aromatic nitrogens is 1. The van der Waals surface area contributed by atoms with E-state index in [1.165, 1.54) is 24.8 Å². The number of hydrogen-bond donors (Lipinski definition) is 0. The minimum Gasteiger partial charge on any atom is -0.373 e. The lowest BCUT2D eigenvalue weighted by Crippen LogP contribution is -2.48. The lowest BCUT2D eigenvalue weighted by Gasteiger charge is -2.39. The molecular formula is C21H28ClN3O. The van der Waals surface area contributed by atoms with Crippen LogP contribution in [0.4, 0.5) is 5.82 Å². The van der Waals surface area contributed by atoms with Gasteiger partial charge in [-0.2, -0.15) is 0 Å². The Labute approximate surface area is 161 Å². The molecule has 0 spiro atoms. The van der Waals surface area contributed by atoms with Gasteiger partial charge in [-0.25, -0.2) is 4.98 Å². The number of hydrogen-bond acceptors (Lipinski definition) is 4. The predicted molar refractivity (Wildman–Crippen MR) is 108 cm³/mol. The molecule has 1 aromatic heterocycles. The maximum Gasteiger partial charge on any atom is 0.139 e. The number of pyridine rings is 1. The first kappa shape index (κ1) is 18.0. The van der Waals surface area contributed by atoms with Crippen LogP contribution in [-0.2, 0) is 4.74 Å². The van der Waals surface area contributed by atoms with Gasteiger partial charge in [0.05, 0.1) is 12.2 Å². The van der Waals surface area contributed by atoms with Gasteiger partial charge in [-0.05, 0) is 44.1 Å². The van der Waals surface area contributed by atoms with Crippen molar-refractivity contribution in [2.24, 2.45) is 5.92 Å². The van der Waals surface area contributed by atoms with Gasteiger partial charge in [0, 0.05) is 38.1 Å². The fourth-order valence-electron chi connectivity index (χ4n) is 4.45. The average molecular weight is 374 g/mol. The van der Waals surface area contributed by atoms with Crippen LogP contribution >= 0.6 is 11.6 Å². The van der Waals surface area contributed by atoms with Crippen LogP contribution in [0.2, 0.25) is 5.15 Å². The number of anilines is 1. The van der Waals surface area contributed by atoms with Gasteiger partial charge < -0.3 is 9.64 Å². The molecule has 26 heavy (non-hydrogen) atoms. The molecule has 2 saturated heterocycles. The Balaban J connectivity index is 1.38. The molecule has 2 fully saturated rings. The highest BCUT2D eigenvalue weighted by Crippen LogP contribution is 2.29. The molecule has 140 valence electrons. The summed E-state index contributed by atoms with van der Waals surface area (Å²) in [5.41, 5.74) is 0. The number of rotatable bonds is 3. The summed E-state index contributed by atoms with van der Waals surface area (Å²) in [5.74, 6) is 1.78. The maximum atomic E-state index is 6.41. The monoisotopic (exact) mass is 373 g/mol. The van der Waals surface area contributed by atoms with Crippen LogP contribution in [0.5, 0.6) is 0 Å². The number of benzene rings is 1. The largest absolute Gasteiger partial charge is 0.373 e. The number of ether oxygens (including phenoxy) is 1. The van der Waals surface area contributed by atoms with Gasteiger partial charge in [0.15, 0.2) is 0 Å². The second kappa shape index (κ2) is 7.71. The highest BCUT2D eigenvalue weighted by atomic mass is 35.5. The van der Waals surface area contributed by atoms with E-state index in [1.54, 1.807) is 0 Å². The highest BCUT2D eigenvalue weighted by molar-refractivity contribution is 6.34. The minimum absolute atomic E-state index is 0.350. The Kier molecular flexibility index (Phi) is 5.35. The highest BCUT2D eigenvalue weighted by Gasteiger charge is 2.27. The van der Waals surface area contributed by atoms with Gasteiger partial charge in [-0.15, -0.1) is 0 Å². The number of halogens is 1. The SMILES string of the molecule is CC1CN(CC2CCN(c3cc4ccccc4c(Cl)n3)CC2)CC(C)O1. The Morgan fingerprint density at radius 2 is 1.81 bits per heavy atom. The Bertz CT molecular complexity index is 750. The number of morpholine rings is 1. The van der Waals surface area contributed by atoms with Crippen molar-refractivity contribution < 1.29 is 4.74 Å². The molecule has 0 saturated carbocycles. The van der Waals surface area contributed by atoms with Crippen molar-refractivity contribution in [2.75, 3.05) is 37.6 Å². The van der Waals surface area contributed by atoms with E-state index in [2.05, 4.69) is 46.8 Å². The number of fused-ring (bicyclic) bond motifs is 1. The van der Waals surface area contributed by atoms with E-state index in [4.69, 9.17) is 16.3 Å². The third-order valence-corrected chi connectivity index (χ3v) is 5.92. The van der Waals surface area contributed by atoms with Crippen molar-refractivity contribution in [3.63, 3.8) is 0 Å². The number of piperidine rings is 1. The molecule has 1 aromatic carbocycles. The normalized spacial score (nSPS) is 25.7. The minimum atomic E-state index is 0.350. The zero-order valence-corrected chi connectivity index (χ0v) is 16.5. The second-order valence-electron chi connectivity index (χ2n) is 7.90. The molecular weight excluding hydrogens is 346 g/mol. The summed E-state index contributed by atoms with van der Waals surface area (Å²) in [5, 5.41) is 2.81. The van der Waals surface area contributed by atoms with E-state index in [9.17, 15) is 0 Å². The first-order chi connectivity index (χ1) is 12.6. The molecule has 0 N–H and O–H groups in total. The van der Waals surface area contributed by atoms with E-state index in [0.717, 1.165) is 43.3 Å². The molecule has 4 nitrogen and oxygen atoms in total. The average Bonchev–Trinajstić information content (AvgIpc) is 2.61. The van der Waals surface area contributed by atoms with Crippen molar-refractivity contribution in [3.8, 4) is 0 Å². The van der Waals surface area contributed by atoms with Crippen LogP contribution in [0.1, 0.15) is 26.7 Å². The van der Waals surface area contributed by atoms with Gasteiger partial charge in [-0.1, -0.05) is 35.9 Å². The molecule has 4 rings (SSSR count). The summed E-state index contributed by atoms with van der Waals surface area (Å²) in [6.45, 7) is 9.79. The van der Waals surface area contributed by atoms with Crippen LogP contribution in [0.15, 0.2) is 30.3 Å². The summed E-state index contributed by atoms with van der Waals surface area (Å²) in [6, 6.07) is 10.4. The van der Waals surface area contributed by atoms with Crippen LogP contribution in [0.25, 0.3) is 10.8 Å². The molecule has 2 aliphatic rings.